The van der Waals surface area contributed by atoms with Crippen molar-refractivity contribution in [1.82, 2.24) is 10.3 Å². The smallest absolute Gasteiger partial charge is 0.0580 e. The van der Waals surface area contributed by atoms with Crippen LogP contribution in [-0.2, 0) is 0 Å². The fourth-order valence-electron chi connectivity index (χ4n) is 2.35. The molecule has 0 amide bonds. The molecule has 1 heterocycles. The molecule has 2 aromatic rings. The summed E-state index contributed by atoms with van der Waals surface area (Å²) in [4.78, 5) is 4.19. The molecule has 0 aliphatic rings. The molecule has 0 spiro atoms. The predicted octanol–water partition coefficient (Wildman–Crippen LogP) is 3.79. The molecule has 19 heavy (non-hydrogen) atoms. The van der Waals surface area contributed by atoms with Gasteiger partial charge in [-0.3, -0.25) is 4.98 Å². The molecular formula is C17H22N2. The van der Waals surface area contributed by atoms with E-state index in [4.69, 9.17) is 0 Å². The van der Waals surface area contributed by atoms with Gasteiger partial charge in [0.15, 0.2) is 0 Å². The van der Waals surface area contributed by atoms with E-state index in [2.05, 4.69) is 61.4 Å². The molecule has 0 fully saturated rings. The third kappa shape index (κ3) is 3.42. The summed E-state index contributed by atoms with van der Waals surface area (Å²) in [6, 6.07) is 11.1. The maximum atomic E-state index is 4.19. The van der Waals surface area contributed by atoms with Crippen LogP contribution in [0.3, 0.4) is 0 Å². The zero-order chi connectivity index (χ0) is 13.7. The van der Waals surface area contributed by atoms with Gasteiger partial charge in [0.2, 0.25) is 0 Å². The van der Waals surface area contributed by atoms with Crippen LogP contribution in [0.25, 0.3) is 0 Å². The van der Waals surface area contributed by atoms with Gasteiger partial charge in [-0.15, -0.1) is 0 Å². The van der Waals surface area contributed by atoms with Crippen molar-refractivity contribution in [3.63, 3.8) is 0 Å². The van der Waals surface area contributed by atoms with Crippen molar-refractivity contribution >= 4 is 0 Å². The van der Waals surface area contributed by atoms with E-state index in [0.29, 0.717) is 0 Å². The fraction of sp³-hybridized carbons (Fsp3) is 0.353. The van der Waals surface area contributed by atoms with Crippen LogP contribution in [0, 0.1) is 13.8 Å². The standard InChI is InChI=1S/C17H22N2/c1-4-9-19-17(15-7-5-6-13(2)11-15)16-8-10-18-12-14(16)3/h5-8,10-12,17,19H,4,9H2,1-3H3. The van der Waals surface area contributed by atoms with Crippen LogP contribution < -0.4 is 5.32 Å². The Balaban J connectivity index is 2.38. The highest BCUT2D eigenvalue weighted by atomic mass is 14.9. The van der Waals surface area contributed by atoms with E-state index in [9.17, 15) is 0 Å². The summed E-state index contributed by atoms with van der Waals surface area (Å²) < 4.78 is 0. The van der Waals surface area contributed by atoms with Crippen LogP contribution in [0.4, 0.5) is 0 Å². The van der Waals surface area contributed by atoms with Crippen molar-refractivity contribution in [2.24, 2.45) is 0 Å². The van der Waals surface area contributed by atoms with E-state index in [1.165, 1.54) is 22.3 Å². The van der Waals surface area contributed by atoms with E-state index < -0.39 is 0 Å². The maximum absolute atomic E-state index is 4.19. The second-order valence-electron chi connectivity index (χ2n) is 5.03. The SMILES string of the molecule is CCCNC(c1cccc(C)c1)c1ccncc1C. The third-order valence-electron chi connectivity index (χ3n) is 3.35. The molecule has 1 aromatic heterocycles. The average molecular weight is 254 g/mol. The number of aromatic nitrogens is 1. The van der Waals surface area contributed by atoms with Gasteiger partial charge in [0.1, 0.15) is 0 Å². The molecule has 2 rings (SSSR count). The first-order valence-electron chi connectivity index (χ1n) is 6.93. The summed E-state index contributed by atoms with van der Waals surface area (Å²) in [6.07, 6.45) is 4.94. The number of hydrogen-bond acceptors (Lipinski definition) is 2. The lowest BCUT2D eigenvalue weighted by molar-refractivity contribution is 0.595. The Labute approximate surface area is 115 Å². The molecule has 1 aromatic carbocycles. The molecule has 100 valence electrons. The number of rotatable bonds is 5. The molecule has 2 nitrogen and oxygen atoms in total. The Morgan fingerprint density at radius 3 is 2.74 bits per heavy atom. The van der Waals surface area contributed by atoms with Crippen molar-refractivity contribution in [3.05, 3.63) is 65.0 Å². The lowest BCUT2D eigenvalue weighted by Crippen LogP contribution is -2.24. The first-order valence-corrected chi connectivity index (χ1v) is 6.93. The molecule has 2 heteroatoms. The molecule has 1 atom stereocenters. The van der Waals surface area contributed by atoms with Gasteiger partial charge < -0.3 is 5.32 Å². The summed E-state index contributed by atoms with van der Waals surface area (Å²) in [5.41, 5.74) is 5.17. The summed E-state index contributed by atoms with van der Waals surface area (Å²) in [6.45, 7) is 7.47. The van der Waals surface area contributed by atoms with Crippen molar-refractivity contribution in [2.45, 2.75) is 33.2 Å². The van der Waals surface area contributed by atoms with Gasteiger partial charge in [-0.2, -0.15) is 0 Å². The minimum Gasteiger partial charge on any atom is -0.306 e. The zero-order valence-corrected chi connectivity index (χ0v) is 12.0. The van der Waals surface area contributed by atoms with Gasteiger partial charge in [0.25, 0.3) is 0 Å². The van der Waals surface area contributed by atoms with Crippen LogP contribution in [-0.4, -0.2) is 11.5 Å². The van der Waals surface area contributed by atoms with Crippen molar-refractivity contribution < 1.29 is 0 Å². The van der Waals surface area contributed by atoms with Gasteiger partial charge in [-0.05, 0) is 49.6 Å². The molecule has 0 aliphatic heterocycles. The predicted molar refractivity (Wildman–Crippen MR) is 80.3 cm³/mol. The van der Waals surface area contributed by atoms with Crippen LogP contribution in [0.1, 0.15) is 41.6 Å². The van der Waals surface area contributed by atoms with E-state index in [1.54, 1.807) is 0 Å². The molecule has 0 aliphatic carbocycles. The Bertz CT molecular complexity index is 534. The summed E-state index contributed by atoms with van der Waals surface area (Å²) in [5.74, 6) is 0. The van der Waals surface area contributed by atoms with E-state index in [1.807, 2.05) is 12.4 Å². The number of nitrogens with one attached hydrogen (secondary N) is 1. The van der Waals surface area contributed by atoms with Gasteiger partial charge in [0, 0.05) is 12.4 Å². The summed E-state index contributed by atoms with van der Waals surface area (Å²) in [7, 11) is 0. The second-order valence-corrected chi connectivity index (χ2v) is 5.03. The first-order chi connectivity index (χ1) is 9.22. The molecule has 1 N–H and O–H groups in total. The lowest BCUT2D eigenvalue weighted by Gasteiger charge is -2.21. The molecular weight excluding hydrogens is 232 g/mol. The number of hydrogen-bond donors (Lipinski definition) is 1. The van der Waals surface area contributed by atoms with Gasteiger partial charge in [0.05, 0.1) is 6.04 Å². The quantitative estimate of drug-likeness (QED) is 0.878. The lowest BCUT2D eigenvalue weighted by atomic mass is 9.95. The van der Waals surface area contributed by atoms with Gasteiger partial charge in [-0.25, -0.2) is 0 Å². The van der Waals surface area contributed by atoms with Crippen LogP contribution in [0.15, 0.2) is 42.7 Å². The fourth-order valence-corrected chi connectivity index (χ4v) is 2.35. The van der Waals surface area contributed by atoms with Crippen molar-refractivity contribution in [1.29, 1.82) is 0 Å². The monoisotopic (exact) mass is 254 g/mol. The normalized spacial score (nSPS) is 12.4. The number of pyridine rings is 1. The number of aryl methyl sites for hydroxylation is 2. The minimum absolute atomic E-state index is 0.253. The molecule has 1 unspecified atom stereocenters. The Morgan fingerprint density at radius 2 is 2.05 bits per heavy atom. The van der Waals surface area contributed by atoms with E-state index in [-0.39, 0.29) is 6.04 Å². The van der Waals surface area contributed by atoms with Crippen LogP contribution in [0.2, 0.25) is 0 Å². The number of nitrogens with zero attached hydrogens (tertiary/aromatic N) is 1. The Hall–Kier alpha value is -1.67. The maximum Gasteiger partial charge on any atom is 0.0580 e. The second kappa shape index (κ2) is 6.48. The van der Waals surface area contributed by atoms with E-state index >= 15 is 0 Å². The minimum atomic E-state index is 0.253. The third-order valence-corrected chi connectivity index (χ3v) is 3.35. The molecule has 0 saturated carbocycles. The van der Waals surface area contributed by atoms with Crippen molar-refractivity contribution in [3.8, 4) is 0 Å². The Morgan fingerprint density at radius 1 is 1.21 bits per heavy atom. The highest BCUT2D eigenvalue weighted by molar-refractivity contribution is 5.36. The highest BCUT2D eigenvalue weighted by Crippen LogP contribution is 2.24. The Kier molecular flexibility index (Phi) is 4.69. The van der Waals surface area contributed by atoms with Gasteiger partial charge >= 0.3 is 0 Å². The summed E-state index contributed by atoms with van der Waals surface area (Å²) in [5, 5.41) is 3.64. The average Bonchev–Trinajstić information content (AvgIpc) is 2.41. The zero-order valence-electron chi connectivity index (χ0n) is 12.0. The van der Waals surface area contributed by atoms with Gasteiger partial charge in [-0.1, -0.05) is 36.8 Å². The van der Waals surface area contributed by atoms with Crippen molar-refractivity contribution in [2.75, 3.05) is 6.54 Å². The van der Waals surface area contributed by atoms with Crippen LogP contribution in [0.5, 0.6) is 0 Å². The molecule has 0 saturated heterocycles. The highest BCUT2D eigenvalue weighted by Gasteiger charge is 2.15. The summed E-state index contributed by atoms with van der Waals surface area (Å²) >= 11 is 0. The molecule has 0 radical (unpaired) electrons. The molecule has 0 bridgehead atoms. The first kappa shape index (κ1) is 13.8. The largest absolute Gasteiger partial charge is 0.306 e. The topological polar surface area (TPSA) is 24.9 Å². The number of benzene rings is 1. The van der Waals surface area contributed by atoms with Crippen LogP contribution >= 0.6 is 0 Å². The van der Waals surface area contributed by atoms with E-state index in [0.717, 1.165) is 13.0 Å².